The molecule has 0 spiro atoms. The molecule has 0 fully saturated rings. The molecule has 1 unspecified atom stereocenters. The summed E-state index contributed by atoms with van der Waals surface area (Å²) in [6.07, 6.45) is 0.471. The molecule has 3 N–H and O–H groups in total. The lowest BCUT2D eigenvalue weighted by Crippen LogP contribution is -2.48. The summed E-state index contributed by atoms with van der Waals surface area (Å²) in [5.74, 6) is -0.461. The third-order valence-electron chi connectivity index (χ3n) is 4.77. The van der Waals surface area contributed by atoms with Crippen LogP contribution in [0.3, 0.4) is 0 Å². The molecule has 0 bridgehead atoms. The second-order valence-corrected chi connectivity index (χ2v) is 9.74. The molecule has 0 aliphatic carbocycles. The van der Waals surface area contributed by atoms with Gasteiger partial charge in [0.25, 0.3) is 5.91 Å². The minimum atomic E-state index is -3.65. The van der Waals surface area contributed by atoms with Crippen molar-refractivity contribution in [1.29, 1.82) is 0 Å². The number of benzene rings is 2. The summed E-state index contributed by atoms with van der Waals surface area (Å²) in [6.45, 7) is 7.81. The van der Waals surface area contributed by atoms with Crippen molar-refractivity contribution in [3.05, 3.63) is 65.2 Å². The molecular weight excluding hydrogens is 414 g/mol. The molecule has 2 amide bonds. The maximum Gasteiger partial charge on any atom is 0.252 e. The van der Waals surface area contributed by atoms with E-state index in [1.165, 1.54) is 12.1 Å². The highest BCUT2D eigenvalue weighted by Crippen LogP contribution is 2.11. The predicted octanol–water partition coefficient (Wildman–Crippen LogP) is 2.54. The quantitative estimate of drug-likeness (QED) is 0.489. The van der Waals surface area contributed by atoms with E-state index in [1.54, 1.807) is 24.3 Å². The summed E-state index contributed by atoms with van der Waals surface area (Å²) in [6, 6.07) is 13.0. The Balaban J connectivity index is 1.92. The van der Waals surface area contributed by atoms with E-state index in [0.717, 1.165) is 11.1 Å². The van der Waals surface area contributed by atoms with Gasteiger partial charge in [-0.15, -0.1) is 0 Å². The van der Waals surface area contributed by atoms with Crippen molar-refractivity contribution in [3.63, 3.8) is 0 Å². The number of carbonyl (C=O) groups is 2. The van der Waals surface area contributed by atoms with E-state index in [-0.39, 0.29) is 35.7 Å². The molecule has 0 saturated carbocycles. The number of rotatable bonds is 10. The molecule has 2 aromatic carbocycles. The Kier molecular flexibility index (Phi) is 8.76. The lowest BCUT2D eigenvalue weighted by Gasteiger charge is -2.21. The van der Waals surface area contributed by atoms with Gasteiger partial charge in [-0.2, -0.15) is 0 Å². The average molecular weight is 446 g/mol. The molecule has 7 nitrogen and oxygen atoms in total. The van der Waals surface area contributed by atoms with Crippen LogP contribution in [0, 0.1) is 19.8 Å². The van der Waals surface area contributed by atoms with Gasteiger partial charge in [-0.3, -0.25) is 9.59 Å². The van der Waals surface area contributed by atoms with Crippen LogP contribution in [0.15, 0.2) is 53.4 Å². The molecule has 8 heteroatoms. The van der Waals surface area contributed by atoms with Gasteiger partial charge in [-0.05, 0) is 49.9 Å². The number of hydrogen-bond acceptors (Lipinski definition) is 4. The van der Waals surface area contributed by atoms with Gasteiger partial charge in [0.15, 0.2) is 0 Å². The van der Waals surface area contributed by atoms with Crippen LogP contribution >= 0.6 is 0 Å². The Bertz CT molecular complexity index is 1000. The number of nitrogens with one attached hydrogen (secondary N) is 3. The summed E-state index contributed by atoms with van der Waals surface area (Å²) in [5.41, 5.74) is 2.32. The largest absolute Gasteiger partial charge is 0.353 e. The Morgan fingerprint density at radius 3 is 2.19 bits per heavy atom. The van der Waals surface area contributed by atoms with Crippen LogP contribution in [0.1, 0.15) is 41.8 Å². The van der Waals surface area contributed by atoms with E-state index < -0.39 is 16.1 Å². The van der Waals surface area contributed by atoms with Crippen LogP contribution < -0.4 is 15.4 Å². The Labute approximate surface area is 184 Å². The summed E-state index contributed by atoms with van der Waals surface area (Å²) in [5, 5.41) is 5.52. The third kappa shape index (κ3) is 7.48. The highest BCUT2D eigenvalue weighted by Gasteiger charge is 2.23. The van der Waals surface area contributed by atoms with Crippen molar-refractivity contribution in [2.24, 2.45) is 5.92 Å². The zero-order valence-electron chi connectivity index (χ0n) is 18.4. The van der Waals surface area contributed by atoms with E-state index in [0.29, 0.717) is 12.0 Å². The molecule has 0 saturated heterocycles. The lowest BCUT2D eigenvalue weighted by molar-refractivity contribution is -0.123. The van der Waals surface area contributed by atoms with Gasteiger partial charge >= 0.3 is 0 Å². The first-order chi connectivity index (χ1) is 14.6. The molecule has 31 heavy (non-hydrogen) atoms. The molecule has 2 rings (SSSR count). The monoisotopic (exact) mass is 445 g/mol. The van der Waals surface area contributed by atoms with Gasteiger partial charge < -0.3 is 10.6 Å². The zero-order chi connectivity index (χ0) is 23.0. The first-order valence-corrected chi connectivity index (χ1v) is 11.8. The molecular formula is C23H31N3O4S. The van der Waals surface area contributed by atoms with E-state index >= 15 is 0 Å². The van der Waals surface area contributed by atoms with Crippen molar-refractivity contribution in [3.8, 4) is 0 Å². The third-order valence-corrected chi connectivity index (χ3v) is 6.24. The zero-order valence-corrected chi connectivity index (χ0v) is 19.3. The van der Waals surface area contributed by atoms with Crippen LogP contribution in [0.4, 0.5) is 0 Å². The second-order valence-electron chi connectivity index (χ2n) is 7.97. The normalized spacial score (nSPS) is 12.4. The number of sulfonamides is 1. The van der Waals surface area contributed by atoms with E-state index in [4.69, 9.17) is 0 Å². The van der Waals surface area contributed by atoms with Crippen molar-refractivity contribution in [2.45, 2.75) is 45.1 Å². The Hall–Kier alpha value is -2.71. The number of amides is 2. The standard InChI is InChI=1S/C23H31N3O4S/c1-16(2)15-21(26-22(27)20-8-6-5-7-18(20)4)23(28)24-13-14-25-31(29,30)19-11-9-17(3)10-12-19/h5-12,16,21,25H,13-15H2,1-4H3,(H,24,28)(H,26,27). The summed E-state index contributed by atoms with van der Waals surface area (Å²) in [4.78, 5) is 25.5. The number of aryl methyl sites for hydroxylation is 2. The van der Waals surface area contributed by atoms with Crippen LogP contribution in [-0.4, -0.2) is 39.4 Å². The van der Waals surface area contributed by atoms with Crippen molar-refractivity contribution >= 4 is 21.8 Å². The summed E-state index contributed by atoms with van der Waals surface area (Å²) in [7, 11) is -3.65. The Morgan fingerprint density at radius 2 is 1.58 bits per heavy atom. The first-order valence-electron chi connectivity index (χ1n) is 10.3. The van der Waals surface area contributed by atoms with Gasteiger partial charge in [-0.25, -0.2) is 13.1 Å². The number of hydrogen-bond donors (Lipinski definition) is 3. The minimum Gasteiger partial charge on any atom is -0.353 e. The van der Waals surface area contributed by atoms with Crippen LogP contribution in [0.5, 0.6) is 0 Å². The smallest absolute Gasteiger partial charge is 0.252 e. The molecule has 0 aliphatic heterocycles. The number of carbonyl (C=O) groups excluding carboxylic acids is 2. The summed E-state index contributed by atoms with van der Waals surface area (Å²) >= 11 is 0. The second kappa shape index (κ2) is 11.1. The minimum absolute atomic E-state index is 0.0437. The SMILES string of the molecule is Cc1ccc(S(=O)(=O)NCCNC(=O)C(CC(C)C)NC(=O)c2ccccc2C)cc1. The maximum absolute atomic E-state index is 12.7. The van der Waals surface area contributed by atoms with E-state index in [2.05, 4.69) is 15.4 Å². The van der Waals surface area contributed by atoms with Crippen molar-refractivity contribution < 1.29 is 18.0 Å². The average Bonchev–Trinajstić information content (AvgIpc) is 2.70. The molecule has 2 aromatic rings. The molecule has 0 radical (unpaired) electrons. The molecule has 0 heterocycles. The highest BCUT2D eigenvalue weighted by molar-refractivity contribution is 7.89. The fourth-order valence-electron chi connectivity index (χ4n) is 3.06. The van der Waals surface area contributed by atoms with Gasteiger partial charge in [0, 0.05) is 18.7 Å². The van der Waals surface area contributed by atoms with Gasteiger partial charge in [0.05, 0.1) is 4.90 Å². The van der Waals surface area contributed by atoms with Crippen molar-refractivity contribution in [1.82, 2.24) is 15.4 Å². The lowest BCUT2D eigenvalue weighted by atomic mass is 10.0. The van der Waals surface area contributed by atoms with Crippen LogP contribution in [0.2, 0.25) is 0 Å². The molecule has 1 atom stereocenters. The Morgan fingerprint density at radius 1 is 0.935 bits per heavy atom. The summed E-state index contributed by atoms with van der Waals surface area (Å²) < 4.78 is 27.1. The predicted molar refractivity (Wildman–Crippen MR) is 121 cm³/mol. The van der Waals surface area contributed by atoms with Crippen molar-refractivity contribution in [2.75, 3.05) is 13.1 Å². The van der Waals surface area contributed by atoms with Gasteiger partial charge in [0.2, 0.25) is 15.9 Å². The van der Waals surface area contributed by atoms with Gasteiger partial charge in [0.1, 0.15) is 6.04 Å². The topological polar surface area (TPSA) is 104 Å². The maximum atomic E-state index is 12.7. The van der Waals surface area contributed by atoms with Gasteiger partial charge in [-0.1, -0.05) is 49.7 Å². The van der Waals surface area contributed by atoms with Crippen LogP contribution in [0.25, 0.3) is 0 Å². The molecule has 0 aromatic heterocycles. The molecule has 168 valence electrons. The fraction of sp³-hybridized carbons (Fsp3) is 0.391. The van der Waals surface area contributed by atoms with Crippen LogP contribution in [-0.2, 0) is 14.8 Å². The highest BCUT2D eigenvalue weighted by atomic mass is 32.2. The van der Waals surface area contributed by atoms with E-state index in [1.807, 2.05) is 39.8 Å². The molecule has 0 aliphatic rings. The fourth-order valence-corrected chi connectivity index (χ4v) is 4.09. The van der Waals surface area contributed by atoms with E-state index in [9.17, 15) is 18.0 Å². The first kappa shape index (κ1) is 24.6.